The first-order chi connectivity index (χ1) is 6.77. The van der Waals surface area contributed by atoms with Crippen molar-refractivity contribution < 1.29 is 0 Å². The van der Waals surface area contributed by atoms with Gasteiger partial charge in [0.1, 0.15) is 0 Å². The lowest BCUT2D eigenvalue weighted by molar-refractivity contribution is 0.213. The molecule has 1 aliphatic rings. The zero-order chi connectivity index (χ0) is 10.4. The van der Waals surface area contributed by atoms with Crippen molar-refractivity contribution in [1.29, 1.82) is 5.26 Å². The molecule has 0 aromatic heterocycles. The Bertz CT molecular complexity index is 191. The molecular weight excluding hydrogens is 174 g/mol. The van der Waals surface area contributed by atoms with Gasteiger partial charge in [0, 0.05) is 6.54 Å². The third kappa shape index (κ3) is 3.28. The summed E-state index contributed by atoms with van der Waals surface area (Å²) in [5.74, 6) is 0.733. The highest BCUT2D eigenvalue weighted by atomic mass is 15.1. The van der Waals surface area contributed by atoms with Crippen LogP contribution in [0.1, 0.15) is 26.2 Å². The van der Waals surface area contributed by atoms with Gasteiger partial charge in [0.25, 0.3) is 0 Å². The molecule has 0 aliphatic carbocycles. The van der Waals surface area contributed by atoms with Crippen LogP contribution >= 0.6 is 0 Å². The van der Waals surface area contributed by atoms with Gasteiger partial charge in [-0.05, 0) is 45.3 Å². The van der Waals surface area contributed by atoms with E-state index in [1.54, 1.807) is 0 Å². The summed E-state index contributed by atoms with van der Waals surface area (Å²) in [5, 5.41) is 12.3. The third-order valence-corrected chi connectivity index (χ3v) is 3.01. The lowest BCUT2D eigenvalue weighted by Gasteiger charge is -2.29. The molecule has 0 aromatic carbocycles. The molecule has 0 radical (unpaired) electrons. The Hall–Kier alpha value is -0.590. The Balaban J connectivity index is 2.31. The Kier molecular flexibility index (Phi) is 4.92. The van der Waals surface area contributed by atoms with E-state index in [0.717, 1.165) is 32.0 Å². The number of nitrogens with zero attached hydrogens (tertiary/aromatic N) is 2. The van der Waals surface area contributed by atoms with E-state index in [1.165, 1.54) is 12.8 Å². The highest BCUT2D eigenvalue weighted by Crippen LogP contribution is 2.13. The number of nitrogens with one attached hydrogen (secondary N) is 1. The van der Waals surface area contributed by atoms with Crippen LogP contribution in [0.5, 0.6) is 0 Å². The molecule has 3 heteroatoms. The van der Waals surface area contributed by atoms with E-state index in [2.05, 4.69) is 30.3 Å². The van der Waals surface area contributed by atoms with Crippen molar-refractivity contribution in [3.05, 3.63) is 0 Å². The van der Waals surface area contributed by atoms with Crippen molar-refractivity contribution in [3.8, 4) is 6.07 Å². The highest BCUT2D eigenvalue weighted by Gasteiger charge is 2.18. The Morgan fingerprint density at radius 2 is 2.43 bits per heavy atom. The maximum atomic E-state index is 8.92. The Labute approximate surface area is 87.1 Å². The molecule has 14 heavy (non-hydrogen) atoms. The molecule has 0 spiro atoms. The summed E-state index contributed by atoms with van der Waals surface area (Å²) in [7, 11) is 2.06. The molecule has 1 heterocycles. The zero-order valence-electron chi connectivity index (χ0n) is 9.29. The van der Waals surface area contributed by atoms with E-state index in [1.807, 2.05) is 0 Å². The first kappa shape index (κ1) is 11.5. The summed E-state index contributed by atoms with van der Waals surface area (Å²) in [4.78, 5) is 2.19. The molecule has 1 fully saturated rings. The second-order valence-electron chi connectivity index (χ2n) is 4.21. The van der Waals surface area contributed by atoms with E-state index in [9.17, 15) is 0 Å². The van der Waals surface area contributed by atoms with Crippen LogP contribution in [0.25, 0.3) is 0 Å². The van der Waals surface area contributed by atoms with E-state index >= 15 is 0 Å². The predicted molar refractivity (Wildman–Crippen MR) is 57.9 cm³/mol. The zero-order valence-corrected chi connectivity index (χ0v) is 9.29. The summed E-state index contributed by atoms with van der Waals surface area (Å²) in [6.07, 6.45) is 3.51. The Morgan fingerprint density at radius 3 is 2.93 bits per heavy atom. The van der Waals surface area contributed by atoms with Crippen LogP contribution in [0.2, 0.25) is 0 Å². The molecule has 1 rings (SSSR count). The molecule has 2 unspecified atom stereocenters. The standard InChI is InChI=1S/C11H21N3/c1-3-11(7-12)14(2)9-10-5-4-6-13-8-10/h10-11,13H,3-6,8-9H2,1-2H3. The minimum absolute atomic E-state index is 0.0944. The number of nitriles is 1. The molecule has 1 saturated heterocycles. The quantitative estimate of drug-likeness (QED) is 0.733. The molecule has 3 nitrogen and oxygen atoms in total. The van der Waals surface area contributed by atoms with Gasteiger partial charge in [-0.25, -0.2) is 0 Å². The molecule has 0 amide bonds. The smallest absolute Gasteiger partial charge is 0.0972 e. The molecule has 1 N–H and O–H groups in total. The van der Waals surface area contributed by atoms with Gasteiger partial charge in [-0.15, -0.1) is 0 Å². The first-order valence-electron chi connectivity index (χ1n) is 5.58. The largest absolute Gasteiger partial charge is 0.316 e. The van der Waals surface area contributed by atoms with Crippen molar-refractivity contribution in [2.45, 2.75) is 32.2 Å². The number of hydrogen-bond acceptors (Lipinski definition) is 3. The topological polar surface area (TPSA) is 39.1 Å². The molecule has 0 bridgehead atoms. The Morgan fingerprint density at radius 1 is 1.64 bits per heavy atom. The van der Waals surface area contributed by atoms with Crippen molar-refractivity contribution in [1.82, 2.24) is 10.2 Å². The fourth-order valence-corrected chi connectivity index (χ4v) is 2.12. The molecule has 0 saturated carbocycles. The van der Waals surface area contributed by atoms with Gasteiger partial charge in [-0.3, -0.25) is 4.90 Å². The molecule has 2 atom stereocenters. The molecule has 1 aliphatic heterocycles. The third-order valence-electron chi connectivity index (χ3n) is 3.01. The first-order valence-corrected chi connectivity index (χ1v) is 5.58. The SMILES string of the molecule is CCC(C#N)N(C)CC1CCCNC1. The second-order valence-corrected chi connectivity index (χ2v) is 4.21. The fraction of sp³-hybridized carbons (Fsp3) is 0.909. The van der Waals surface area contributed by atoms with Gasteiger partial charge < -0.3 is 5.32 Å². The van der Waals surface area contributed by atoms with Crippen LogP contribution in [0, 0.1) is 17.2 Å². The number of rotatable bonds is 4. The summed E-state index contributed by atoms with van der Waals surface area (Å²) < 4.78 is 0. The number of piperidine rings is 1. The summed E-state index contributed by atoms with van der Waals surface area (Å²) in [6, 6.07) is 2.44. The summed E-state index contributed by atoms with van der Waals surface area (Å²) in [6.45, 7) is 5.41. The van der Waals surface area contributed by atoms with Crippen LogP contribution in [0.3, 0.4) is 0 Å². The minimum Gasteiger partial charge on any atom is -0.316 e. The van der Waals surface area contributed by atoms with Crippen LogP contribution in [0.15, 0.2) is 0 Å². The second kappa shape index (κ2) is 6.00. The molecule has 0 aromatic rings. The predicted octanol–water partition coefficient (Wildman–Crippen LogP) is 1.22. The average molecular weight is 195 g/mol. The normalized spacial score (nSPS) is 24.6. The molecule has 80 valence electrons. The van der Waals surface area contributed by atoms with Gasteiger partial charge in [-0.1, -0.05) is 6.92 Å². The van der Waals surface area contributed by atoms with E-state index < -0.39 is 0 Å². The average Bonchev–Trinajstić information content (AvgIpc) is 2.21. The van der Waals surface area contributed by atoms with Gasteiger partial charge in [0.05, 0.1) is 12.1 Å². The van der Waals surface area contributed by atoms with E-state index in [0.29, 0.717) is 0 Å². The van der Waals surface area contributed by atoms with Gasteiger partial charge >= 0.3 is 0 Å². The highest BCUT2D eigenvalue weighted by molar-refractivity contribution is 4.90. The fourth-order valence-electron chi connectivity index (χ4n) is 2.12. The van der Waals surface area contributed by atoms with Crippen molar-refractivity contribution in [3.63, 3.8) is 0 Å². The van der Waals surface area contributed by atoms with Crippen LogP contribution in [0.4, 0.5) is 0 Å². The van der Waals surface area contributed by atoms with Crippen LogP contribution in [-0.2, 0) is 0 Å². The number of hydrogen-bond donors (Lipinski definition) is 1. The lowest BCUT2D eigenvalue weighted by atomic mass is 9.98. The minimum atomic E-state index is 0.0944. The molecular formula is C11H21N3. The van der Waals surface area contributed by atoms with Gasteiger partial charge in [-0.2, -0.15) is 5.26 Å². The summed E-state index contributed by atoms with van der Waals surface area (Å²) in [5.41, 5.74) is 0. The van der Waals surface area contributed by atoms with Gasteiger partial charge in [0.2, 0.25) is 0 Å². The van der Waals surface area contributed by atoms with Crippen LogP contribution < -0.4 is 5.32 Å². The van der Waals surface area contributed by atoms with E-state index in [-0.39, 0.29) is 6.04 Å². The van der Waals surface area contributed by atoms with Crippen molar-refractivity contribution >= 4 is 0 Å². The van der Waals surface area contributed by atoms with Crippen molar-refractivity contribution in [2.24, 2.45) is 5.92 Å². The lowest BCUT2D eigenvalue weighted by Crippen LogP contribution is -2.40. The van der Waals surface area contributed by atoms with Crippen molar-refractivity contribution in [2.75, 3.05) is 26.7 Å². The van der Waals surface area contributed by atoms with Gasteiger partial charge in [0.15, 0.2) is 0 Å². The van der Waals surface area contributed by atoms with Crippen LogP contribution in [-0.4, -0.2) is 37.6 Å². The maximum Gasteiger partial charge on any atom is 0.0972 e. The summed E-state index contributed by atoms with van der Waals surface area (Å²) >= 11 is 0. The maximum absolute atomic E-state index is 8.92. The monoisotopic (exact) mass is 195 g/mol. The van der Waals surface area contributed by atoms with E-state index in [4.69, 9.17) is 5.26 Å².